The Kier molecular flexibility index (Phi) is 9.84. The Labute approximate surface area is 126 Å². The van der Waals surface area contributed by atoms with Gasteiger partial charge >= 0.3 is 0 Å². The summed E-state index contributed by atoms with van der Waals surface area (Å²) in [5.41, 5.74) is 7.59. The first-order chi connectivity index (χ1) is 9.86. The number of anilines is 1. The number of hydrogen-bond donors (Lipinski definition) is 3. The molecular formula is C17H25NO3. The third kappa shape index (κ3) is 10.5. The minimum atomic E-state index is -0.427. The highest BCUT2D eigenvalue weighted by atomic mass is 16.3. The number of carbonyl (C=O) groups excluding carboxylic acids is 1. The van der Waals surface area contributed by atoms with Crippen LogP contribution >= 0.6 is 0 Å². The van der Waals surface area contributed by atoms with E-state index < -0.39 is 12.2 Å². The van der Waals surface area contributed by atoms with Gasteiger partial charge in [0, 0.05) is 11.3 Å². The van der Waals surface area contributed by atoms with Crippen molar-refractivity contribution in [1.82, 2.24) is 0 Å². The second-order valence-electron chi connectivity index (χ2n) is 4.96. The van der Waals surface area contributed by atoms with E-state index in [-0.39, 0.29) is 0 Å². The molecule has 21 heavy (non-hydrogen) atoms. The van der Waals surface area contributed by atoms with Gasteiger partial charge in [-0.1, -0.05) is 35.9 Å². The molecule has 1 rings (SSSR count). The maximum absolute atomic E-state index is 10.1. The molecule has 0 radical (unpaired) electrons. The fraction of sp³-hybridized carbons (Fsp3) is 0.353. The molecule has 116 valence electrons. The number of rotatable bonds is 5. The van der Waals surface area contributed by atoms with Crippen LogP contribution in [0.2, 0.25) is 0 Å². The molecule has 0 aromatic heterocycles. The summed E-state index contributed by atoms with van der Waals surface area (Å²) < 4.78 is 0. The summed E-state index contributed by atoms with van der Waals surface area (Å²) in [6, 6.07) is 6.95. The Morgan fingerprint density at radius 2 is 1.90 bits per heavy atom. The molecule has 4 nitrogen and oxygen atoms in total. The molecule has 4 heteroatoms. The number of aliphatic hydroxyl groups is 2. The SMILES string of the molecule is CC(C)=CC(O)CC=CC(C)O.Nc1ccccc1C=O. The van der Waals surface area contributed by atoms with Crippen LogP contribution in [0.1, 0.15) is 37.6 Å². The van der Waals surface area contributed by atoms with Gasteiger partial charge in [-0.3, -0.25) is 4.79 Å². The lowest BCUT2D eigenvalue weighted by Gasteiger charge is -2.02. The van der Waals surface area contributed by atoms with Crippen molar-refractivity contribution in [3.63, 3.8) is 0 Å². The second kappa shape index (κ2) is 10.8. The van der Waals surface area contributed by atoms with Crippen molar-refractivity contribution in [3.8, 4) is 0 Å². The Balaban J connectivity index is 0.000000394. The molecule has 4 N–H and O–H groups in total. The summed E-state index contributed by atoms with van der Waals surface area (Å²) >= 11 is 0. The van der Waals surface area contributed by atoms with Gasteiger partial charge in [0.15, 0.2) is 6.29 Å². The molecule has 0 amide bonds. The monoisotopic (exact) mass is 291 g/mol. The van der Waals surface area contributed by atoms with Crippen LogP contribution in [0.5, 0.6) is 0 Å². The van der Waals surface area contributed by atoms with Crippen molar-refractivity contribution in [2.24, 2.45) is 0 Å². The lowest BCUT2D eigenvalue weighted by molar-refractivity contribution is 0.112. The van der Waals surface area contributed by atoms with Gasteiger partial charge in [-0.25, -0.2) is 0 Å². The zero-order valence-electron chi connectivity index (χ0n) is 12.9. The van der Waals surface area contributed by atoms with Gasteiger partial charge in [-0.15, -0.1) is 0 Å². The number of para-hydroxylation sites is 1. The number of nitrogen functional groups attached to an aromatic ring is 1. The maximum atomic E-state index is 10.1. The predicted octanol–water partition coefficient (Wildman–Crippen LogP) is 2.72. The van der Waals surface area contributed by atoms with Crippen LogP contribution in [-0.2, 0) is 0 Å². The molecule has 0 spiro atoms. The van der Waals surface area contributed by atoms with Gasteiger partial charge in [-0.05, 0) is 39.3 Å². The number of aliphatic hydroxyl groups excluding tert-OH is 2. The highest BCUT2D eigenvalue weighted by Crippen LogP contribution is 2.05. The van der Waals surface area contributed by atoms with E-state index in [1.54, 1.807) is 49.4 Å². The van der Waals surface area contributed by atoms with Crippen LogP contribution in [-0.4, -0.2) is 28.7 Å². The average molecular weight is 291 g/mol. The quantitative estimate of drug-likeness (QED) is 0.442. The van der Waals surface area contributed by atoms with Gasteiger partial charge in [0.05, 0.1) is 12.2 Å². The molecule has 1 aromatic rings. The Bertz CT molecular complexity index is 475. The molecule has 0 saturated heterocycles. The summed E-state index contributed by atoms with van der Waals surface area (Å²) in [5.74, 6) is 0. The van der Waals surface area contributed by atoms with Crippen molar-refractivity contribution in [1.29, 1.82) is 0 Å². The minimum absolute atomic E-state index is 0.426. The third-order valence-corrected chi connectivity index (χ3v) is 2.44. The number of allylic oxidation sites excluding steroid dienone is 1. The van der Waals surface area contributed by atoms with Gasteiger partial charge in [-0.2, -0.15) is 0 Å². The normalized spacial score (nSPS) is 13.0. The first kappa shape index (κ1) is 19.1. The van der Waals surface area contributed by atoms with E-state index >= 15 is 0 Å². The Morgan fingerprint density at radius 3 is 2.33 bits per heavy atom. The van der Waals surface area contributed by atoms with Crippen LogP contribution in [0.25, 0.3) is 0 Å². The summed E-state index contributed by atoms with van der Waals surface area (Å²) in [4.78, 5) is 10.1. The zero-order valence-corrected chi connectivity index (χ0v) is 12.9. The summed E-state index contributed by atoms with van der Waals surface area (Å²) in [5, 5.41) is 18.2. The molecule has 0 bridgehead atoms. The fourth-order valence-electron chi connectivity index (χ4n) is 1.49. The predicted molar refractivity (Wildman–Crippen MR) is 87.1 cm³/mol. The van der Waals surface area contributed by atoms with Gasteiger partial charge in [0.1, 0.15) is 0 Å². The largest absolute Gasteiger partial charge is 0.398 e. The van der Waals surface area contributed by atoms with Crippen molar-refractivity contribution in [2.45, 2.75) is 39.4 Å². The summed E-state index contributed by atoms with van der Waals surface area (Å²) in [6.07, 6.45) is 5.71. The molecule has 1 aromatic carbocycles. The molecule has 0 saturated carbocycles. The van der Waals surface area contributed by atoms with E-state index in [4.69, 9.17) is 10.8 Å². The summed E-state index contributed by atoms with van der Waals surface area (Å²) in [6.45, 7) is 5.58. The van der Waals surface area contributed by atoms with Crippen LogP contribution < -0.4 is 5.73 Å². The Hall–Kier alpha value is -1.91. The Morgan fingerprint density at radius 1 is 1.29 bits per heavy atom. The van der Waals surface area contributed by atoms with Gasteiger partial charge < -0.3 is 15.9 Å². The lowest BCUT2D eigenvalue weighted by atomic mass is 10.1. The lowest BCUT2D eigenvalue weighted by Crippen LogP contribution is -2.01. The zero-order chi connectivity index (χ0) is 16.3. The summed E-state index contributed by atoms with van der Waals surface area (Å²) in [7, 11) is 0. The molecule has 2 atom stereocenters. The molecule has 0 fully saturated rings. The van der Waals surface area contributed by atoms with Gasteiger partial charge in [0.25, 0.3) is 0 Å². The smallest absolute Gasteiger partial charge is 0.152 e. The molecule has 0 aliphatic heterocycles. The van der Waals surface area contributed by atoms with Gasteiger partial charge in [0.2, 0.25) is 0 Å². The minimum Gasteiger partial charge on any atom is -0.398 e. The number of carbonyl (C=O) groups is 1. The first-order valence-corrected chi connectivity index (χ1v) is 6.84. The standard InChI is InChI=1S/C10H18O2.C7H7NO/c1-8(2)7-10(12)6-4-5-9(3)11;8-7-4-2-1-3-6(7)5-9/h4-5,7,9-12H,6H2,1-3H3;1-5H,8H2. The number of benzene rings is 1. The average Bonchev–Trinajstić information content (AvgIpc) is 2.38. The van der Waals surface area contributed by atoms with E-state index in [0.29, 0.717) is 17.7 Å². The van der Waals surface area contributed by atoms with Crippen molar-refractivity contribution < 1.29 is 15.0 Å². The maximum Gasteiger partial charge on any atom is 0.152 e. The van der Waals surface area contributed by atoms with Crippen LogP contribution in [0.4, 0.5) is 5.69 Å². The molecule has 2 unspecified atom stereocenters. The highest BCUT2D eigenvalue weighted by Gasteiger charge is 1.95. The van der Waals surface area contributed by atoms with Crippen molar-refractivity contribution in [3.05, 3.63) is 53.6 Å². The van der Waals surface area contributed by atoms with Crippen LogP contribution in [0.3, 0.4) is 0 Å². The molecular weight excluding hydrogens is 266 g/mol. The number of aldehydes is 1. The van der Waals surface area contributed by atoms with Crippen LogP contribution in [0.15, 0.2) is 48.1 Å². The van der Waals surface area contributed by atoms with E-state index in [1.165, 1.54) is 0 Å². The second-order valence-corrected chi connectivity index (χ2v) is 4.96. The van der Waals surface area contributed by atoms with Crippen LogP contribution in [0, 0.1) is 0 Å². The molecule has 0 aliphatic rings. The third-order valence-electron chi connectivity index (χ3n) is 2.44. The highest BCUT2D eigenvalue weighted by molar-refractivity contribution is 5.82. The number of nitrogens with two attached hydrogens (primary N) is 1. The molecule has 0 aliphatic carbocycles. The van der Waals surface area contributed by atoms with Crippen molar-refractivity contribution >= 4 is 12.0 Å². The van der Waals surface area contributed by atoms with Crippen molar-refractivity contribution in [2.75, 3.05) is 5.73 Å². The number of hydrogen-bond acceptors (Lipinski definition) is 4. The van der Waals surface area contributed by atoms with E-state index in [2.05, 4.69) is 0 Å². The fourth-order valence-corrected chi connectivity index (χ4v) is 1.49. The first-order valence-electron chi connectivity index (χ1n) is 6.84. The molecule has 0 heterocycles. The van der Waals surface area contributed by atoms with E-state index in [0.717, 1.165) is 11.9 Å². The topological polar surface area (TPSA) is 83.6 Å². The van der Waals surface area contributed by atoms with E-state index in [1.807, 2.05) is 13.8 Å². The van der Waals surface area contributed by atoms with E-state index in [9.17, 15) is 9.90 Å².